The van der Waals surface area contributed by atoms with Crippen molar-refractivity contribution in [1.29, 1.82) is 0 Å². The van der Waals surface area contributed by atoms with Gasteiger partial charge in [0.25, 0.3) is 5.89 Å². The summed E-state index contributed by atoms with van der Waals surface area (Å²) in [6, 6.07) is 16.0. The predicted octanol–water partition coefficient (Wildman–Crippen LogP) is 4.62. The van der Waals surface area contributed by atoms with Gasteiger partial charge in [-0.2, -0.15) is 4.98 Å². The lowest BCUT2D eigenvalue weighted by Gasteiger charge is -2.09. The number of ether oxygens (including phenoxy) is 1. The summed E-state index contributed by atoms with van der Waals surface area (Å²) >= 11 is 1.49. The number of carbonyl (C=O) groups excluding carboxylic acids is 1. The van der Waals surface area contributed by atoms with E-state index in [0.29, 0.717) is 11.7 Å². The lowest BCUT2D eigenvalue weighted by atomic mass is 10.1. The average Bonchev–Trinajstić information content (AvgIpc) is 3.36. The number of fused-ring (bicyclic) bond motifs is 1. The number of hydrogen-bond donors (Lipinski definition) is 0. The second kappa shape index (κ2) is 7.96. The SMILES string of the molecule is C[C@H](OC(=O)CSc1ccc2c(c1)CCC2)c1nc(-c2ccccc2)no1. The van der Waals surface area contributed by atoms with Crippen molar-refractivity contribution >= 4 is 17.7 Å². The van der Waals surface area contributed by atoms with Crippen LogP contribution >= 0.6 is 11.8 Å². The third-order valence-electron chi connectivity index (χ3n) is 4.56. The molecule has 1 aliphatic rings. The van der Waals surface area contributed by atoms with E-state index in [-0.39, 0.29) is 11.7 Å². The number of hydrogen-bond acceptors (Lipinski definition) is 6. The van der Waals surface area contributed by atoms with Gasteiger partial charge in [-0.05, 0) is 49.4 Å². The highest BCUT2D eigenvalue weighted by Crippen LogP contribution is 2.28. The Balaban J connectivity index is 1.32. The van der Waals surface area contributed by atoms with Crippen LogP contribution in [-0.4, -0.2) is 21.9 Å². The predicted molar refractivity (Wildman–Crippen MR) is 103 cm³/mol. The minimum atomic E-state index is -0.580. The van der Waals surface area contributed by atoms with Gasteiger partial charge in [0.05, 0.1) is 5.75 Å². The molecular formula is C21H20N2O3S. The van der Waals surface area contributed by atoms with Crippen LogP contribution in [0.15, 0.2) is 57.9 Å². The van der Waals surface area contributed by atoms with Crippen molar-refractivity contribution in [3.8, 4) is 11.4 Å². The normalized spacial score (nSPS) is 14.0. The van der Waals surface area contributed by atoms with Gasteiger partial charge < -0.3 is 9.26 Å². The molecule has 0 radical (unpaired) electrons. The van der Waals surface area contributed by atoms with Crippen LogP contribution in [-0.2, 0) is 22.4 Å². The molecule has 1 atom stereocenters. The summed E-state index contributed by atoms with van der Waals surface area (Å²) in [5.41, 5.74) is 3.69. The van der Waals surface area contributed by atoms with Gasteiger partial charge >= 0.3 is 5.97 Å². The van der Waals surface area contributed by atoms with Gasteiger partial charge in [0, 0.05) is 10.5 Å². The topological polar surface area (TPSA) is 65.2 Å². The van der Waals surface area contributed by atoms with Crippen molar-refractivity contribution in [1.82, 2.24) is 10.1 Å². The highest BCUT2D eigenvalue weighted by Gasteiger charge is 2.19. The second-order valence-corrected chi connectivity index (χ2v) is 7.58. The summed E-state index contributed by atoms with van der Waals surface area (Å²) in [4.78, 5) is 17.6. The maximum atomic E-state index is 12.2. The zero-order chi connectivity index (χ0) is 18.6. The summed E-state index contributed by atoms with van der Waals surface area (Å²) in [6.45, 7) is 1.74. The van der Waals surface area contributed by atoms with Crippen LogP contribution < -0.4 is 0 Å². The maximum absolute atomic E-state index is 12.2. The fourth-order valence-electron chi connectivity index (χ4n) is 3.17. The molecule has 0 N–H and O–H groups in total. The lowest BCUT2D eigenvalue weighted by molar-refractivity contribution is -0.146. The summed E-state index contributed by atoms with van der Waals surface area (Å²) in [5, 5.41) is 3.96. The molecule has 0 fully saturated rings. The Bertz CT molecular complexity index is 940. The van der Waals surface area contributed by atoms with Gasteiger partial charge in [0.15, 0.2) is 6.10 Å². The quantitative estimate of drug-likeness (QED) is 0.459. The minimum Gasteiger partial charge on any atom is -0.452 e. The molecule has 3 aromatic rings. The van der Waals surface area contributed by atoms with Crippen molar-refractivity contribution < 1.29 is 14.1 Å². The fourth-order valence-corrected chi connectivity index (χ4v) is 3.91. The molecular weight excluding hydrogens is 360 g/mol. The Hall–Kier alpha value is -2.60. The van der Waals surface area contributed by atoms with E-state index in [0.717, 1.165) is 23.3 Å². The van der Waals surface area contributed by atoms with Crippen LogP contribution in [0.25, 0.3) is 11.4 Å². The van der Waals surface area contributed by atoms with E-state index < -0.39 is 6.10 Å². The molecule has 0 unspecified atom stereocenters. The third-order valence-corrected chi connectivity index (χ3v) is 5.52. The highest BCUT2D eigenvalue weighted by atomic mass is 32.2. The van der Waals surface area contributed by atoms with Crippen LogP contribution in [0.5, 0.6) is 0 Å². The van der Waals surface area contributed by atoms with Crippen molar-refractivity contribution in [2.45, 2.75) is 37.2 Å². The highest BCUT2D eigenvalue weighted by molar-refractivity contribution is 8.00. The molecule has 138 valence electrons. The van der Waals surface area contributed by atoms with Gasteiger partial charge in [-0.25, -0.2) is 0 Å². The van der Waals surface area contributed by atoms with Crippen molar-refractivity contribution in [2.24, 2.45) is 0 Å². The van der Waals surface area contributed by atoms with Gasteiger partial charge in [0.2, 0.25) is 5.82 Å². The van der Waals surface area contributed by atoms with Gasteiger partial charge in [0.1, 0.15) is 0 Å². The molecule has 6 heteroatoms. The average molecular weight is 380 g/mol. The van der Waals surface area contributed by atoms with Crippen molar-refractivity contribution in [3.05, 3.63) is 65.5 Å². The number of esters is 1. The Morgan fingerprint density at radius 2 is 2.00 bits per heavy atom. The van der Waals surface area contributed by atoms with Crippen LogP contribution in [0, 0.1) is 0 Å². The number of benzene rings is 2. The van der Waals surface area contributed by atoms with Crippen molar-refractivity contribution in [3.63, 3.8) is 0 Å². The molecule has 4 rings (SSSR count). The van der Waals surface area contributed by atoms with Crippen LogP contribution in [0.4, 0.5) is 0 Å². The number of nitrogens with zero attached hydrogens (tertiary/aromatic N) is 2. The Morgan fingerprint density at radius 1 is 1.19 bits per heavy atom. The summed E-state index contributed by atoms with van der Waals surface area (Å²) in [7, 11) is 0. The van der Waals surface area contributed by atoms with Gasteiger partial charge in [-0.1, -0.05) is 41.6 Å². The fraction of sp³-hybridized carbons (Fsp3) is 0.286. The van der Waals surface area contributed by atoms with E-state index in [9.17, 15) is 4.79 Å². The number of thioether (sulfide) groups is 1. The zero-order valence-electron chi connectivity index (χ0n) is 15.1. The molecule has 0 saturated carbocycles. The largest absolute Gasteiger partial charge is 0.452 e. The molecule has 5 nitrogen and oxygen atoms in total. The van der Waals surface area contributed by atoms with E-state index >= 15 is 0 Å². The molecule has 0 amide bonds. The molecule has 2 aromatic carbocycles. The molecule has 1 aromatic heterocycles. The molecule has 0 saturated heterocycles. The lowest BCUT2D eigenvalue weighted by Crippen LogP contribution is -2.11. The number of rotatable bonds is 6. The van der Waals surface area contributed by atoms with E-state index in [4.69, 9.17) is 9.26 Å². The van der Waals surface area contributed by atoms with Crippen LogP contribution in [0.2, 0.25) is 0 Å². The summed E-state index contributed by atoms with van der Waals surface area (Å²) in [6.07, 6.45) is 2.93. The number of aryl methyl sites for hydroxylation is 2. The molecule has 27 heavy (non-hydrogen) atoms. The molecule has 1 aliphatic carbocycles. The number of aromatic nitrogens is 2. The van der Waals surface area contributed by atoms with Gasteiger partial charge in [-0.15, -0.1) is 11.8 Å². The van der Waals surface area contributed by atoms with E-state index in [1.54, 1.807) is 6.92 Å². The Morgan fingerprint density at radius 3 is 2.85 bits per heavy atom. The standard InChI is InChI=1S/C21H20N2O3S/c1-14(21-22-20(23-26-21)16-6-3-2-4-7-16)25-19(24)13-27-18-11-10-15-8-5-9-17(15)12-18/h2-4,6-7,10-12,14H,5,8-9,13H2,1H3/t14-/m0/s1. The molecule has 1 heterocycles. The minimum absolute atomic E-state index is 0.253. The Kier molecular flexibility index (Phi) is 5.25. The summed E-state index contributed by atoms with van der Waals surface area (Å²) in [5.74, 6) is 0.737. The maximum Gasteiger partial charge on any atom is 0.317 e. The van der Waals surface area contributed by atoms with Crippen LogP contribution in [0.3, 0.4) is 0 Å². The van der Waals surface area contributed by atoms with E-state index in [1.807, 2.05) is 30.3 Å². The van der Waals surface area contributed by atoms with E-state index in [2.05, 4.69) is 28.3 Å². The first-order chi connectivity index (χ1) is 13.2. The first kappa shape index (κ1) is 17.8. The van der Waals surface area contributed by atoms with E-state index in [1.165, 1.54) is 29.3 Å². The zero-order valence-corrected chi connectivity index (χ0v) is 15.9. The first-order valence-corrected chi connectivity index (χ1v) is 10.0. The van der Waals surface area contributed by atoms with Crippen molar-refractivity contribution in [2.75, 3.05) is 5.75 Å². The first-order valence-electron chi connectivity index (χ1n) is 9.02. The number of carbonyl (C=O) groups is 1. The molecule has 0 spiro atoms. The third kappa shape index (κ3) is 4.22. The molecule has 0 bridgehead atoms. The smallest absolute Gasteiger partial charge is 0.317 e. The molecule has 0 aliphatic heterocycles. The summed E-state index contributed by atoms with van der Waals surface area (Å²) < 4.78 is 10.7. The second-order valence-electron chi connectivity index (χ2n) is 6.53. The van der Waals surface area contributed by atoms with Gasteiger partial charge in [-0.3, -0.25) is 4.79 Å². The van der Waals surface area contributed by atoms with Crippen LogP contribution in [0.1, 0.15) is 36.5 Å². The monoisotopic (exact) mass is 380 g/mol. The Labute approximate surface area is 162 Å².